The highest BCUT2D eigenvalue weighted by molar-refractivity contribution is 8.00. The van der Waals surface area contributed by atoms with Gasteiger partial charge in [-0.05, 0) is 48.0 Å². The Bertz CT molecular complexity index is 1640. The molecule has 0 bridgehead atoms. The van der Waals surface area contributed by atoms with Crippen molar-refractivity contribution in [3.05, 3.63) is 83.9 Å². The molecule has 0 spiro atoms. The van der Waals surface area contributed by atoms with Crippen LogP contribution in [0.1, 0.15) is 90.2 Å². The first kappa shape index (κ1) is 40.5. The lowest BCUT2D eigenvalue weighted by Gasteiger charge is -2.34. The highest BCUT2D eigenvalue weighted by Crippen LogP contribution is 2.49. The molecule has 0 radical (unpaired) electrons. The number of ether oxygens (including phenoxy) is 2. The Morgan fingerprint density at radius 2 is 1.04 bits per heavy atom. The third-order valence-corrected chi connectivity index (χ3v) is 12.3. The van der Waals surface area contributed by atoms with E-state index in [4.69, 9.17) is 9.47 Å². The van der Waals surface area contributed by atoms with Gasteiger partial charge in [-0.15, -0.1) is 23.5 Å². The molecular formula is C42H55NO6S2. The van der Waals surface area contributed by atoms with Crippen LogP contribution < -0.4 is 5.32 Å². The number of nitrogens with one attached hydrogen (secondary N) is 1. The predicted octanol–water partition coefficient (Wildman–Crippen LogP) is 11.4. The summed E-state index contributed by atoms with van der Waals surface area (Å²) >= 11 is 2.29. The van der Waals surface area contributed by atoms with Gasteiger partial charge in [0.2, 0.25) is 9.87 Å². The first-order valence-electron chi connectivity index (χ1n) is 18.3. The van der Waals surface area contributed by atoms with E-state index in [1.54, 1.807) is 12.5 Å². The SMILES string of the molecule is CCCCC(CC)COC(SC)(C(=O)O)c1ccc2ccccc2c1Nc1c(C(OCC(CC)CCCC)(SC)C(=O)O)ccc2ccccc12. The van der Waals surface area contributed by atoms with Gasteiger partial charge in [0.05, 0.1) is 24.6 Å². The molecule has 0 heterocycles. The second-order valence-corrected chi connectivity index (χ2v) is 15.2. The molecule has 7 nitrogen and oxygen atoms in total. The van der Waals surface area contributed by atoms with E-state index < -0.39 is 21.8 Å². The van der Waals surface area contributed by atoms with Crippen molar-refractivity contribution >= 4 is 68.4 Å². The van der Waals surface area contributed by atoms with Gasteiger partial charge in [-0.2, -0.15) is 0 Å². The van der Waals surface area contributed by atoms with Gasteiger partial charge in [-0.25, -0.2) is 9.59 Å². The van der Waals surface area contributed by atoms with Crippen LogP contribution in [0.15, 0.2) is 72.8 Å². The zero-order valence-corrected chi connectivity index (χ0v) is 32.6. The predicted molar refractivity (Wildman–Crippen MR) is 215 cm³/mol. The van der Waals surface area contributed by atoms with Crippen molar-refractivity contribution in [1.29, 1.82) is 0 Å². The van der Waals surface area contributed by atoms with E-state index in [1.807, 2.05) is 72.8 Å². The molecule has 0 amide bonds. The zero-order chi connectivity index (χ0) is 37.0. The second kappa shape index (κ2) is 19.0. The summed E-state index contributed by atoms with van der Waals surface area (Å²) in [5.41, 5.74) is 2.03. The molecule has 0 aliphatic rings. The lowest BCUT2D eigenvalue weighted by atomic mass is 9.95. The van der Waals surface area contributed by atoms with Crippen LogP contribution in [0.2, 0.25) is 0 Å². The maximum Gasteiger partial charge on any atom is 0.351 e. The van der Waals surface area contributed by atoms with Crippen LogP contribution >= 0.6 is 23.5 Å². The normalized spacial score (nSPS) is 15.3. The Morgan fingerprint density at radius 1 is 0.647 bits per heavy atom. The molecule has 9 heteroatoms. The second-order valence-electron chi connectivity index (χ2n) is 13.3. The van der Waals surface area contributed by atoms with Crippen LogP contribution in [0.25, 0.3) is 21.5 Å². The first-order chi connectivity index (χ1) is 24.7. The van der Waals surface area contributed by atoms with Gasteiger partial charge in [-0.3, -0.25) is 0 Å². The Balaban J connectivity index is 1.98. The van der Waals surface area contributed by atoms with Crippen molar-refractivity contribution in [3.63, 3.8) is 0 Å². The number of hydrogen-bond acceptors (Lipinski definition) is 7. The fraction of sp³-hybridized carbons (Fsp3) is 0.476. The fourth-order valence-electron chi connectivity index (χ4n) is 6.77. The number of benzene rings is 4. The largest absolute Gasteiger partial charge is 0.478 e. The number of fused-ring (bicyclic) bond motifs is 2. The molecule has 4 atom stereocenters. The lowest BCUT2D eigenvalue weighted by Crippen LogP contribution is -2.38. The van der Waals surface area contributed by atoms with E-state index in [0.717, 1.165) is 96.4 Å². The molecular weight excluding hydrogens is 679 g/mol. The summed E-state index contributed by atoms with van der Waals surface area (Å²) in [6.07, 6.45) is 11.4. The quantitative estimate of drug-likeness (QED) is 0.0681. The minimum absolute atomic E-state index is 0.219. The fourth-order valence-corrected chi connectivity index (χ4v) is 8.28. The van der Waals surface area contributed by atoms with Gasteiger partial charge in [0.1, 0.15) is 0 Å². The molecule has 4 unspecified atom stereocenters. The Kier molecular flexibility index (Phi) is 15.1. The molecule has 0 saturated heterocycles. The van der Waals surface area contributed by atoms with E-state index >= 15 is 0 Å². The lowest BCUT2D eigenvalue weighted by molar-refractivity contribution is -0.157. The van der Waals surface area contributed by atoms with Gasteiger partial charge < -0.3 is 25.0 Å². The van der Waals surface area contributed by atoms with Crippen LogP contribution in [0.5, 0.6) is 0 Å². The number of carboxylic acid groups (broad SMARTS) is 2. The summed E-state index contributed by atoms with van der Waals surface area (Å²) in [7, 11) is 0. The number of carbonyl (C=O) groups is 2. The van der Waals surface area contributed by atoms with Crippen molar-refractivity contribution in [2.24, 2.45) is 11.8 Å². The zero-order valence-electron chi connectivity index (χ0n) is 31.0. The highest BCUT2D eigenvalue weighted by Gasteiger charge is 2.46. The van der Waals surface area contributed by atoms with Crippen molar-refractivity contribution in [3.8, 4) is 0 Å². The van der Waals surface area contributed by atoms with E-state index in [-0.39, 0.29) is 11.8 Å². The summed E-state index contributed by atoms with van der Waals surface area (Å²) in [6, 6.07) is 23.2. The summed E-state index contributed by atoms with van der Waals surface area (Å²) in [5.74, 6) is -1.75. The van der Waals surface area contributed by atoms with Crippen LogP contribution in [-0.4, -0.2) is 47.9 Å². The minimum Gasteiger partial charge on any atom is -0.478 e. The van der Waals surface area contributed by atoms with Crippen LogP contribution in [-0.2, 0) is 28.9 Å². The molecule has 0 aliphatic heterocycles. The van der Waals surface area contributed by atoms with Crippen LogP contribution in [0, 0.1) is 11.8 Å². The molecule has 3 N–H and O–H groups in total. The summed E-state index contributed by atoms with van der Waals surface area (Å²) in [6.45, 7) is 9.14. The molecule has 4 aromatic carbocycles. The molecule has 51 heavy (non-hydrogen) atoms. The summed E-state index contributed by atoms with van der Waals surface area (Å²) in [4.78, 5) is 23.5. The summed E-state index contributed by atoms with van der Waals surface area (Å²) in [5, 5.41) is 29.1. The number of aliphatic carboxylic acids is 2. The first-order valence-corrected chi connectivity index (χ1v) is 20.8. The summed E-state index contributed by atoms with van der Waals surface area (Å²) < 4.78 is 13.1. The van der Waals surface area contributed by atoms with Gasteiger partial charge in [0, 0.05) is 21.9 Å². The average Bonchev–Trinajstić information content (AvgIpc) is 3.15. The van der Waals surface area contributed by atoms with Crippen LogP contribution in [0.4, 0.5) is 11.4 Å². The van der Waals surface area contributed by atoms with Crippen molar-refractivity contribution in [2.75, 3.05) is 31.0 Å². The van der Waals surface area contributed by atoms with Gasteiger partial charge in [0.25, 0.3) is 0 Å². The third kappa shape index (κ3) is 8.87. The molecule has 276 valence electrons. The van der Waals surface area contributed by atoms with Gasteiger partial charge in [0.15, 0.2) is 0 Å². The van der Waals surface area contributed by atoms with Gasteiger partial charge in [-0.1, -0.05) is 139 Å². The maximum atomic E-state index is 13.5. The number of hydrogen-bond donors (Lipinski definition) is 3. The Morgan fingerprint density at radius 3 is 1.37 bits per heavy atom. The topological polar surface area (TPSA) is 105 Å². The number of rotatable bonds is 22. The number of thioether (sulfide) groups is 2. The van der Waals surface area contributed by atoms with E-state index in [2.05, 4.69) is 33.0 Å². The van der Waals surface area contributed by atoms with Crippen molar-refractivity contribution < 1.29 is 29.3 Å². The molecule has 0 saturated carbocycles. The molecule has 0 aromatic heterocycles. The number of anilines is 2. The maximum absolute atomic E-state index is 13.5. The third-order valence-electron chi connectivity index (χ3n) is 10.1. The van der Waals surface area contributed by atoms with Gasteiger partial charge >= 0.3 is 11.9 Å². The highest BCUT2D eigenvalue weighted by atomic mass is 32.2. The smallest absolute Gasteiger partial charge is 0.351 e. The minimum atomic E-state index is -1.73. The van der Waals surface area contributed by atoms with E-state index in [9.17, 15) is 19.8 Å². The standard InChI is InChI=1S/C42H55NO6S2/c1-7-11-17-29(9-3)27-48-41(50-5,39(44)45)35-25-23-31-19-13-15-21-33(31)37(35)43-38-34-22-16-14-20-32(34)24-26-36(38)42(51-6,40(46)47)49-28-30(10-4)18-12-8-2/h13-16,19-26,29-30,43H,7-12,17-18,27-28H2,1-6H3,(H,44,45)(H,46,47). The molecule has 4 aromatic rings. The molecule has 0 aliphatic carbocycles. The van der Waals surface area contributed by atoms with E-state index in [1.165, 1.54) is 0 Å². The van der Waals surface area contributed by atoms with Crippen molar-refractivity contribution in [2.45, 2.75) is 88.9 Å². The van der Waals surface area contributed by atoms with Crippen molar-refractivity contribution in [1.82, 2.24) is 0 Å². The number of carboxylic acids is 2. The average molecular weight is 734 g/mol. The molecule has 4 rings (SSSR count). The Hall–Kier alpha value is -3.24. The monoisotopic (exact) mass is 733 g/mol. The Labute approximate surface area is 312 Å². The number of unbranched alkanes of at least 4 members (excludes halogenated alkanes) is 2. The van der Waals surface area contributed by atoms with E-state index in [0.29, 0.717) is 35.7 Å². The molecule has 0 fully saturated rings. The van der Waals surface area contributed by atoms with Crippen LogP contribution in [0.3, 0.4) is 0 Å².